The molecule has 1 aliphatic heterocycles. The van der Waals surface area contributed by atoms with Gasteiger partial charge in [0.2, 0.25) is 5.91 Å². The second kappa shape index (κ2) is 4.66. The Labute approximate surface area is 96.2 Å². The van der Waals surface area contributed by atoms with Gasteiger partial charge in [-0.05, 0) is 12.5 Å². The minimum absolute atomic E-state index is 0.0262. The summed E-state index contributed by atoms with van der Waals surface area (Å²) in [6.45, 7) is 3.59. The molecule has 0 radical (unpaired) electrons. The number of carbonyl (C=O) groups is 1. The van der Waals surface area contributed by atoms with Gasteiger partial charge in [0.25, 0.3) is 0 Å². The van der Waals surface area contributed by atoms with Crippen LogP contribution in [0.4, 0.5) is 0 Å². The first kappa shape index (κ1) is 11.1. The number of likely N-dealkylation sites (tertiary alicyclic amines) is 1. The quantitative estimate of drug-likeness (QED) is 0.836. The highest BCUT2D eigenvalue weighted by molar-refractivity contribution is 5.78. The highest BCUT2D eigenvalue weighted by Gasteiger charge is 2.32. The summed E-state index contributed by atoms with van der Waals surface area (Å²) in [6.07, 6.45) is 0.587. The van der Waals surface area contributed by atoms with Crippen molar-refractivity contribution >= 4 is 5.91 Å². The van der Waals surface area contributed by atoms with Crippen molar-refractivity contribution in [2.45, 2.75) is 19.4 Å². The number of nitrogens with two attached hydrogens (primary N) is 1. The first-order chi connectivity index (χ1) is 7.72. The minimum atomic E-state index is -0.0262. The van der Waals surface area contributed by atoms with Gasteiger partial charge in [-0.2, -0.15) is 0 Å². The summed E-state index contributed by atoms with van der Waals surface area (Å²) in [4.78, 5) is 13.5. The van der Waals surface area contributed by atoms with Gasteiger partial charge in [-0.1, -0.05) is 30.3 Å². The molecule has 1 amide bonds. The fourth-order valence-corrected chi connectivity index (χ4v) is 2.30. The van der Waals surface area contributed by atoms with E-state index in [2.05, 4.69) is 0 Å². The van der Waals surface area contributed by atoms with E-state index in [4.69, 9.17) is 5.73 Å². The molecule has 86 valence electrons. The molecule has 1 fully saturated rings. The number of rotatable bonds is 3. The van der Waals surface area contributed by atoms with Gasteiger partial charge < -0.3 is 10.6 Å². The first-order valence-corrected chi connectivity index (χ1v) is 5.80. The van der Waals surface area contributed by atoms with Gasteiger partial charge in [0, 0.05) is 31.5 Å². The molecular weight excluding hydrogens is 200 g/mol. The zero-order valence-corrected chi connectivity index (χ0v) is 9.60. The molecule has 1 saturated heterocycles. The summed E-state index contributed by atoms with van der Waals surface area (Å²) in [7, 11) is 0. The molecule has 1 aromatic rings. The Balaban J connectivity index is 2.07. The molecule has 0 aliphatic carbocycles. The zero-order chi connectivity index (χ0) is 11.5. The van der Waals surface area contributed by atoms with Crippen LogP contribution in [0.15, 0.2) is 30.3 Å². The molecule has 2 unspecified atom stereocenters. The molecule has 0 bridgehead atoms. The highest BCUT2D eigenvalue weighted by Crippen LogP contribution is 2.28. The van der Waals surface area contributed by atoms with Crippen molar-refractivity contribution in [1.82, 2.24) is 4.90 Å². The van der Waals surface area contributed by atoms with Crippen molar-refractivity contribution in [2.24, 2.45) is 11.7 Å². The van der Waals surface area contributed by atoms with E-state index >= 15 is 0 Å². The molecule has 2 atom stereocenters. The van der Waals surface area contributed by atoms with E-state index in [1.165, 1.54) is 0 Å². The highest BCUT2D eigenvalue weighted by atomic mass is 16.2. The lowest BCUT2D eigenvalue weighted by Gasteiger charge is -2.19. The van der Waals surface area contributed by atoms with Gasteiger partial charge in [0.15, 0.2) is 0 Å². The number of amides is 1. The normalized spacial score (nSPS) is 22.5. The Morgan fingerprint density at radius 2 is 2.12 bits per heavy atom. The maximum absolute atomic E-state index is 11.6. The van der Waals surface area contributed by atoms with Crippen molar-refractivity contribution < 1.29 is 4.79 Å². The van der Waals surface area contributed by atoms with Crippen LogP contribution in [0, 0.1) is 5.92 Å². The van der Waals surface area contributed by atoms with Gasteiger partial charge in [0.1, 0.15) is 0 Å². The van der Waals surface area contributed by atoms with Crippen LogP contribution in [-0.4, -0.2) is 23.9 Å². The van der Waals surface area contributed by atoms with Gasteiger partial charge in [-0.25, -0.2) is 0 Å². The fraction of sp³-hybridized carbons (Fsp3) is 0.462. The predicted molar refractivity (Wildman–Crippen MR) is 63.7 cm³/mol. The summed E-state index contributed by atoms with van der Waals surface area (Å²) >= 11 is 0. The Bertz CT molecular complexity index is 363. The van der Waals surface area contributed by atoms with Gasteiger partial charge >= 0.3 is 0 Å². The average Bonchev–Trinajstić information content (AvgIpc) is 2.71. The lowest BCUT2D eigenvalue weighted by Crippen LogP contribution is -2.27. The van der Waals surface area contributed by atoms with Crippen LogP contribution in [0.3, 0.4) is 0 Å². The maximum atomic E-state index is 11.6. The molecule has 3 heteroatoms. The topological polar surface area (TPSA) is 46.3 Å². The molecule has 2 N–H and O–H groups in total. The Hall–Kier alpha value is -1.35. The molecule has 16 heavy (non-hydrogen) atoms. The van der Waals surface area contributed by atoms with Gasteiger partial charge in [-0.3, -0.25) is 4.79 Å². The maximum Gasteiger partial charge on any atom is 0.222 e. The number of hydrogen-bond donors (Lipinski definition) is 1. The van der Waals surface area contributed by atoms with Crippen LogP contribution < -0.4 is 5.73 Å². The molecule has 1 aromatic carbocycles. The van der Waals surface area contributed by atoms with Crippen molar-refractivity contribution in [2.75, 3.05) is 13.1 Å². The second-order valence-corrected chi connectivity index (χ2v) is 4.33. The molecule has 1 heterocycles. The zero-order valence-electron chi connectivity index (χ0n) is 9.60. The third-order valence-electron chi connectivity index (χ3n) is 3.32. The smallest absolute Gasteiger partial charge is 0.222 e. The van der Waals surface area contributed by atoms with Crippen molar-refractivity contribution in [3.05, 3.63) is 35.9 Å². The molecule has 0 spiro atoms. The van der Waals surface area contributed by atoms with E-state index < -0.39 is 0 Å². The Morgan fingerprint density at radius 3 is 2.69 bits per heavy atom. The SMILES string of the molecule is CCN1CC(C(N)c2ccccc2)CC1=O. The summed E-state index contributed by atoms with van der Waals surface area (Å²) in [5, 5.41) is 0. The Kier molecular flexibility index (Phi) is 3.25. The Morgan fingerprint density at radius 1 is 1.44 bits per heavy atom. The number of nitrogens with zero attached hydrogens (tertiary/aromatic N) is 1. The van der Waals surface area contributed by atoms with Crippen LogP contribution in [-0.2, 0) is 4.79 Å². The van der Waals surface area contributed by atoms with Crippen LogP contribution >= 0.6 is 0 Å². The van der Waals surface area contributed by atoms with E-state index in [0.717, 1.165) is 18.7 Å². The van der Waals surface area contributed by atoms with Crippen LogP contribution in [0.1, 0.15) is 24.9 Å². The largest absolute Gasteiger partial charge is 0.343 e. The van der Waals surface area contributed by atoms with E-state index in [1.54, 1.807) is 0 Å². The first-order valence-electron chi connectivity index (χ1n) is 5.80. The standard InChI is InChI=1S/C13H18N2O/c1-2-15-9-11(8-12(15)16)13(14)10-6-4-3-5-7-10/h3-7,11,13H,2,8-9,14H2,1H3. The number of benzene rings is 1. The van der Waals surface area contributed by atoms with E-state index in [0.29, 0.717) is 6.42 Å². The van der Waals surface area contributed by atoms with Crippen LogP contribution in [0.2, 0.25) is 0 Å². The van der Waals surface area contributed by atoms with Crippen LogP contribution in [0.5, 0.6) is 0 Å². The molecular formula is C13H18N2O. The molecule has 3 nitrogen and oxygen atoms in total. The molecule has 2 rings (SSSR count). The number of hydrogen-bond acceptors (Lipinski definition) is 2. The summed E-state index contributed by atoms with van der Waals surface area (Å²) in [6, 6.07) is 10.00. The predicted octanol–water partition coefficient (Wildman–Crippen LogP) is 1.55. The van der Waals surface area contributed by atoms with Gasteiger partial charge in [-0.15, -0.1) is 0 Å². The molecule has 0 aromatic heterocycles. The minimum Gasteiger partial charge on any atom is -0.343 e. The van der Waals surface area contributed by atoms with Crippen molar-refractivity contribution in [3.63, 3.8) is 0 Å². The van der Waals surface area contributed by atoms with E-state index in [9.17, 15) is 4.79 Å². The van der Waals surface area contributed by atoms with Crippen LogP contribution in [0.25, 0.3) is 0 Å². The van der Waals surface area contributed by atoms with Crippen molar-refractivity contribution in [1.29, 1.82) is 0 Å². The fourth-order valence-electron chi connectivity index (χ4n) is 2.30. The molecule has 0 saturated carbocycles. The lowest BCUT2D eigenvalue weighted by atomic mass is 9.93. The third kappa shape index (κ3) is 2.09. The summed E-state index contributed by atoms with van der Waals surface area (Å²) in [5.74, 6) is 0.494. The van der Waals surface area contributed by atoms with E-state index in [-0.39, 0.29) is 17.9 Å². The molecule has 1 aliphatic rings. The summed E-state index contributed by atoms with van der Waals surface area (Å²) < 4.78 is 0. The van der Waals surface area contributed by atoms with Crippen molar-refractivity contribution in [3.8, 4) is 0 Å². The van der Waals surface area contributed by atoms with E-state index in [1.807, 2.05) is 42.2 Å². The average molecular weight is 218 g/mol. The second-order valence-electron chi connectivity index (χ2n) is 4.33. The number of carbonyl (C=O) groups excluding carboxylic acids is 1. The third-order valence-corrected chi connectivity index (χ3v) is 3.32. The summed E-state index contributed by atoms with van der Waals surface area (Å²) in [5.41, 5.74) is 7.32. The monoisotopic (exact) mass is 218 g/mol. The lowest BCUT2D eigenvalue weighted by molar-refractivity contribution is -0.127. The van der Waals surface area contributed by atoms with Gasteiger partial charge in [0.05, 0.1) is 0 Å².